The summed E-state index contributed by atoms with van der Waals surface area (Å²) in [7, 11) is 1.65. The van der Waals surface area contributed by atoms with E-state index in [0.29, 0.717) is 38.5 Å². The number of carbonyl (C=O) groups excluding carboxylic acids is 1. The van der Waals surface area contributed by atoms with Crippen molar-refractivity contribution < 1.29 is 9.53 Å². The fourth-order valence-electron chi connectivity index (χ4n) is 4.70. The number of fused-ring (bicyclic) bond motifs is 3. The Morgan fingerprint density at radius 2 is 1.62 bits per heavy atom. The van der Waals surface area contributed by atoms with Crippen LogP contribution < -0.4 is 15.0 Å². The van der Waals surface area contributed by atoms with Crippen molar-refractivity contribution in [3.8, 4) is 17.1 Å². The minimum Gasteiger partial charge on any atom is -0.497 e. The standard InChI is InChI=1S/C28H27N7O2/c1-37-22-13-11-21(12-14-22)25-31-32-26-23-9-5-6-10-24(23)30-27(35(25)26)33-15-17-34(18-16-33)28(36)29-19-20-7-3-2-4-8-20/h2-14H,15-19H2,1H3,(H,29,36). The van der Waals surface area contributed by atoms with Crippen LogP contribution in [-0.2, 0) is 6.54 Å². The number of methoxy groups -OCH3 is 1. The van der Waals surface area contributed by atoms with Crippen LogP contribution in [0.3, 0.4) is 0 Å². The second-order valence-corrected chi connectivity index (χ2v) is 8.96. The van der Waals surface area contributed by atoms with Gasteiger partial charge in [-0.15, -0.1) is 10.2 Å². The minimum atomic E-state index is -0.0525. The number of carbonyl (C=O) groups is 1. The van der Waals surface area contributed by atoms with E-state index in [1.807, 2.05) is 88.2 Å². The van der Waals surface area contributed by atoms with Crippen molar-refractivity contribution in [3.63, 3.8) is 0 Å². The molecule has 0 unspecified atom stereocenters. The Kier molecular flexibility index (Phi) is 6.02. The molecule has 0 radical (unpaired) electrons. The van der Waals surface area contributed by atoms with Crippen molar-refractivity contribution >= 4 is 28.5 Å². The van der Waals surface area contributed by atoms with Gasteiger partial charge in [-0.3, -0.25) is 0 Å². The fraction of sp³-hybridized carbons (Fsp3) is 0.214. The zero-order valence-corrected chi connectivity index (χ0v) is 20.5. The molecule has 0 saturated carbocycles. The molecule has 2 aromatic heterocycles. The van der Waals surface area contributed by atoms with Gasteiger partial charge in [0.15, 0.2) is 11.5 Å². The Labute approximate surface area is 214 Å². The molecule has 6 rings (SSSR count). The van der Waals surface area contributed by atoms with E-state index in [-0.39, 0.29) is 6.03 Å². The highest BCUT2D eigenvalue weighted by Gasteiger charge is 2.26. The lowest BCUT2D eigenvalue weighted by atomic mass is 10.2. The van der Waals surface area contributed by atoms with Crippen LogP contribution in [0.25, 0.3) is 27.9 Å². The second-order valence-electron chi connectivity index (χ2n) is 8.96. The maximum absolute atomic E-state index is 12.8. The van der Waals surface area contributed by atoms with Gasteiger partial charge in [0.1, 0.15) is 5.75 Å². The number of para-hydroxylation sites is 1. The Hall–Kier alpha value is -4.66. The molecule has 3 aromatic carbocycles. The van der Waals surface area contributed by atoms with Gasteiger partial charge in [0, 0.05) is 43.7 Å². The first-order valence-electron chi connectivity index (χ1n) is 12.3. The van der Waals surface area contributed by atoms with Crippen molar-refractivity contribution in [2.24, 2.45) is 0 Å². The van der Waals surface area contributed by atoms with Crippen LogP contribution in [0.4, 0.5) is 10.7 Å². The van der Waals surface area contributed by atoms with E-state index in [1.54, 1.807) is 7.11 Å². The highest BCUT2D eigenvalue weighted by Crippen LogP contribution is 2.29. The van der Waals surface area contributed by atoms with Crippen LogP contribution in [-0.4, -0.2) is 63.8 Å². The molecule has 9 heteroatoms. The largest absolute Gasteiger partial charge is 0.497 e. The van der Waals surface area contributed by atoms with Gasteiger partial charge in [-0.25, -0.2) is 14.2 Å². The summed E-state index contributed by atoms with van der Waals surface area (Å²) in [5.74, 6) is 2.27. The SMILES string of the molecule is COc1ccc(-c2nnc3c4ccccc4nc(N4CCN(C(=O)NCc5ccccc5)CC4)n23)cc1. The summed E-state index contributed by atoms with van der Waals surface area (Å²) in [6, 6.07) is 25.6. The summed E-state index contributed by atoms with van der Waals surface area (Å²) in [4.78, 5) is 21.9. The predicted octanol–water partition coefficient (Wildman–Crippen LogP) is 3.98. The van der Waals surface area contributed by atoms with Gasteiger partial charge in [0.25, 0.3) is 0 Å². The molecule has 0 bridgehead atoms. The van der Waals surface area contributed by atoms with Gasteiger partial charge in [-0.05, 0) is 42.0 Å². The highest BCUT2D eigenvalue weighted by atomic mass is 16.5. The van der Waals surface area contributed by atoms with Gasteiger partial charge in [-0.2, -0.15) is 0 Å². The minimum absolute atomic E-state index is 0.0525. The first kappa shape index (κ1) is 22.8. The molecule has 3 heterocycles. The molecule has 1 saturated heterocycles. The Balaban J connectivity index is 1.28. The van der Waals surface area contributed by atoms with Crippen LogP contribution in [0, 0.1) is 0 Å². The van der Waals surface area contributed by atoms with Crippen LogP contribution in [0.2, 0.25) is 0 Å². The number of benzene rings is 3. The summed E-state index contributed by atoms with van der Waals surface area (Å²) < 4.78 is 7.34. The monoisotopic (exact) mass is 493 g/mol. The number of piperazine rings is 1. The van der Waals surface area contributed by atoms with Gasteiger partial charge in [0.2, 0.25) is 5.95 Å². The van der Waals surface area contributed by atoms with Gasteiger partial charge in [-0.1, -0.05) is 42.5 Å². The number of nitrogens with one attached hydrogen (secondary N) is 1. The first-order chi connectivity index (χ1) is 18.2. The number of nitrogens with zero attached hydrogens (tertiary/aromatic N) is 6. The lowest BCUT2D eigenvalue weighted by Gasteiger charge is -2.35. The van der Waals surface area contributed by atoms with E-state index in [0.717, 1.165) is 39.4 Å². The number of urea groups is 1. The van der Waals surface area contributed by atoms with Crippen LogP contribution in [0.1, 0.15) is 5.56 Å². The number of rotatable bonds is 5. The lowest BCUT2D eigenvalue weighted by Crippen LogP contribution is -2.52. The van der Waals surface area contributed by atoms with Gasteiger partial charge >= 0.3 is 6.03 Å². The van der Waals surface area contributed by atoms with E-state index in [2.05, 4.69) is 20.4 Å². The maximum Gasteiger partial charge on any atom is 0.317 e. The number of anilines is 1. The summed E-state index contributed by atoms with van der Waals surface area (Å²) in [5.41, 5.74) is 3.62. The summed E-state index contributed by atoms with van der Waals surface area (Å²) >= 11 is 0. The normalized spacial score (nSPS) is 13.8. The zero-order valence-electron chi connectivity index (χ0n) is 20.5. The van der Waals surface area contributed by atoms with E-state index >= 15 is 0 Å². The number of hydrogen-bond acceptors (Lipinski definition) is 6. The van der Waals surface area contributed by atoms with Gasteiger partial charge < -0.3 is 19.9 Å². The molecule has 5 aromatic rings. The summed E-state index contributed by atoms with van der Waals surface area (Å²) in [5, 5.41) is 13.1. The van der Waals surface area contributed by atoms with Crippen LogP contribution >= 0.6 is 0 Å². The van der Waals surface area contributed by atoms with Crippen molar-refractivity contribution in [3.05, 3.63) is 84.4 Å². The van der Waals surface area contributed by atoms with Crippen molar-refractivity contribution in [1.82, 2.24) is 29.8 Å². The molecule has 1 aliphatic rings. The molecule has 1 fully saturated rings. The number of ether oxygens (including phenoxy) is 1. The molecular formula is C28H27N7O2. The van der Waals surface area contributed by atoms with Gasteiger partial charge in [0.05, 0.1) is 12.6 Å². The van der Waals surface area contributed by atoms with E-state index in [1.165, 1.54) is 0 Å². The van der Waals surface area contributed by atoms with Crippen molar-refractivity contribution in [2.45, 2.75) is 6.54 Å². The topological polar surface area (TPSA) is 87.9 Å². The maximum atomic E-state index is 12.8. The fourth-order valence-corrected chi connectivity index (χ4v) is 4.70. The van der Waals surface area contributed by atoms with E-state index in [4.69, 9.17) is 9.72 Å². The molecule has 1 N–H and O–H groups in total. The number of amides is 2. The van der Waals surface area contributed by atoms with Crippen LogP contribution in [0.5, 0.6) is 5.75 Å². The highest BCUT2D eigenvalue weighted by molar-refractivity contribution is 5.93. The van der Waals surface area contributed by atoms with E-state index in [9.17, 15) is 4.79 Å². The summed E-state index contributed by atoms with van der Waals surface area (Å²) in [6.45, 7) is 3.00. The van der Waals surface area contributed by atoms with Crippen molar-refractivity contribution in [1.29, 1.82) is 0 Å². The third kappa shape index (κ3) is 4.40. The summed E-state index contributed by atoms with van der Waals surface area (Å²) in [6.07, 6.45) is 0. The molecule has 2 amide bonds. The quantitative estimate of drug-likeness (QED) is 0.399. The molecule has 9 nitrogen and oxygen atoms in total. The van der Waals surface area contributed by atoms with Crippen LogP contribution in [0.15, 0.2) is 78.9 Å². The molecular weight excluding hydrogens is 466 g/mol. The third-order valence-electron chi connectivity index (χ3n) is 6.71. The molecule has 0 spiro atoms. The Bertz CT molecular complexity index is 1540. The molecule has 0 aliphatic carbocycles. The molecule has 186 valence electrons. The average molecular weight is 494 g/mol. The first-order valence-corrected chi connectivity index (χ1v) is 12.3. The number of hydrogen-bond donors (Lipinski definition) is 1. The average Bonchev–Trinajstić information content (AvgIpc) is 3.42. The van der Waals surface area contributed by atoms with Crippen molar-refractivity contribution in [2.75, 3.05) is 38.2 Å². The van der Waals surface area contributed by atoms with E-state index < -0.39 is 0 Å². The lowest BCUT2D eigenvalue weighted by molar-refractivity contribution is 0.193. The predicted molar refractivity (Wildman–Crippen MR) is 143 cm³/mol. The molecule has 0 atom stereocenters. The third-order valence-corrected chi connectivity index (χ3v) is 6.71. The second kappa shape index (κ2) is 9.77. The molecule has 1 aliphatic heterocycles. The number of aromatic nitrogens is 4. The zero-order chi connectivity index (χ0) is 25.2. The Morgan fingerprint density at radius 1 is 0.892 bits per heavy atom. The Morgan fingerprint density at radius 3 is 2.38 bits per heavy atom. The molecule has 37 heavy (non-hydrogen) atoms. The smallest absolute Gasteiger partial charge is 0.317 e.